The van der Waals surface area contributed by atoms with Crippen LogP contribution in [0.3, 0.4) is 0 Å². The molecule has 6 heteroatoms. The Morgan fingerprint density at radius 1 is 1.50 bits per heavy atom. The van der Waals surface area contributed by atoms with Gasteiger partial charge in [-0.25, -0.2) is 9.07 Å². The second-order valence-corrected chi connectivity index (χ2v) is 3.10. The zero-order valence-corrected chi connectivity index (χ0v) is 8.21. The van der Waals surface area contributed by atoms with Gasteiger partial charge in [0, 0.05) is 18.0 Å². The number of nitrogens with zero attached hydrogens (tertiary/aromatic N) is 3. The van der Waals surface area contributed by atoms with E-state index in [1.807, 2.05) is 0 Å². The van der Waals surface area contributed by atoms with E-state index in [1.54, 1.807) is 24.5 Å². The molecule has 2 aromatic rings. The number of amidine groups is 1. The van der Waals surface area contributed by atoms with Crippen LogP contribution in [0.1, 0.15) is 5.56 Å². The summed E-state index contributed by atoms with van der Waals surface area (Å²) in [5.74, 6) is -0.626. The third-order valence-electron chi connectivity index (χ3n) is 2.10. The third-order valence-corrected chi connectivity index (χ3v) is 2.10. The van der Waals surface area contributed by atoms with Crippen molar-refractivity contribution in [2.45, 2.75) is 0 Å². The Morgan fingerprint density at radius 2 is 2.31 bits per heavy atom. The second-order valence-electron chi connectivity index (χ2n) is 3.10. The normalized spacial score (nSPS) is 11.7. The Morgan fingerprint density at radius 3 is 2.88 bits per heavy atom. The van der Waals surface area contributed by atoms with Crippen molar-refractivity contribution in [2.24, 2.45) is 10.9 Å². The van der Waals surface area contributed by atoms with Crippen molar-refractivity contribution in [3.8, 4) is 5.69 Å². The lowest BCUT2D eigenvalue weighted by Gasteiger charge is -2.05. The molecule has 0 aliphatic rings. The van der Waals surface area contributed by atoms with Crippen LogP contribution in [0.5, 0.6) is 0 Å². The van der Waals surface area contributed by atoms with Crippen LogP contribution in [-0.2, 0) is 0 Å². The van der Waals surface area contributed by atoms with Gasteiger partial charge in [-0.3, -0.25) is 0 Å². The predicted octanol–water partition coefficient (Wildman–Crippen LogP) is 1.11. The number of oxime groups is 1. The molecule has 82 valence electrons. The van der Waals surface area contributed by atoms with Crippen LogP contribution in [0.25, 0.3) is 5.69 Å². The summed E-state index contributed by atoms with van der Waals surface area (Å²) < 4.78 is 15.1. The first-order valence-electron chi connectivity index (χ1n) is 4.50. The van der Waals surface area contributed by atoms with Crippen LogP contribution < -0.4 is 5.73 Å². The maximum Gasteiger partial charge on any atom is 0.170 e. The lowest BCUT2D eigenvalue weighted by Crippen LogP contribution is -2.13. The van der Waals surface area contributed by atoms with E-state index in [-0.39, 0.29) is 5.84 Å². The van der Waals surface area contributed by atoms with Gasteiger partial charge in [-0.2, -0.15) is 5.10 Å². The largest absolute Gasteiger partial charge is 0.409 e. The van der Waals surface area contributed by atoms with Gasteiger partial charge in [0.25, 0.3) is 0 Å². The molecule has 0 aliphatic carbocycles. The van der Waals surface area contributed by atoms with Crippen LogP contribution in [0.15, 0.2) is 41.8 Å². The summed E-state index contributed by atoms with van der Waals surface area (Å²) in [6.07, 6.45) is 3.18. The molecular formula is C10H9FN4O. The van der Waals surface area contributed by atoms with Gasteiger partial charge in [0.1, 0.15) is 11.5 Å². The highest BCUT2D eigenvalue weighted by Crippen LogP contribution is 2.14. The monoisotopic (exact) mass is 220 g/mol. The van der Waals surface area contributed by atoms with Crippen molar-refractivity contribution in [1.82, 2.24) is 9.78 Å². The molecule has 1 heterocycles. The fourth-order valence-electron chi connectivity index (χ4n) is 1.32. The minimum atomic E-state index is -0.493. The number of aromatic nitrogens is 2. The molecule has 0 amide bonds. The zero-order valence-electron chi connectivity index (χ0n) is 8.21. The quantitative estimate of drug-likeness (QED) is 0.344. The van der Waals surface area contributed by atoms with E-state index in [1.165, 1.54) is 16.8 Å². The first-order valence-corrected chi connectivity index (χ1v) is 4.50. The van der Waals surface area contributed by atoms with Crippen molar-refractivity contribution >= 4 is 5.84 Å². The first kappa shape index (κ1) is 10.2. The van der Waals surface area contributed by atoms with Gasteiger partial charge in [-0.05, 0) is 24.3 Å². The highest BCUT2D eigenvalue weighted by molar-refractivity contribution is 5.97. The summed E-state index contributed by atoms with van der Waals surface area (Å²) in [5, 5.41) is 15.2. The minimum Gasteiger partial charge on any atom is -0.409 e. The fraction of sp³-hybridized carbons (Fsp3) is 0. The van der Waals surface area contributed by atoms with E-state index in [2.05, 4.69) is 10.3 Å². The lowest BCUT2D eigenvalue weighted by atomic mass is 10.2. The molecule has 0 saturated heterocycles. The molecule has 1 aromatic carbocycles. The molecule has 0 bridgehead atoms. The molecule has 0 saturated carbocycles. The highest BCUT2D eigenvalue weighted by atomic mass is 19.1. The van der Waals surface area contributed by atoms with Gasteiger partial charge in [0.2, 0.25) is 0 Å². The van der Waals surface area contributed by atoms with E-state index in [9.17, 15) is 4.39 Å². The van der Waals surface area contributed by atoms with Crippen molar-refractivity contribution in [1.29, 1.82) is 0 Å². The topological polar surface area (TPSA) is 76.4 Å². The van der Waals surface area contributed by atoms with E-state index in [4.69, 9.17) is 10.9 Å². The minimum absolute atomic E-state index is 0.133. The van der Waals surface area contributed by atoms with Crippen LogP contribution in [0.4, 0.5) is 4.39 Å². The van der Waals surface area contributed by atoms with Crippen molar-refractivity contribution in [3.05, 3.63) is 48.0 Å². The molecule has 16 heavy (non-hydrogen) atoms. The molecule has 1 aromatic heterocycles. The summed E-state index contributed by atoms with van der Waals surface area (Å²) in [4.78, 5) is 0. The predicted molar refractivity (Wildman–Crippen MR) is 56.0 cm³/mol. The van der Waals surface area contributed by atoms with Crippen LogP contribution in [0, 0.1) is 5.82 Å². The fourth-order valence-corrected chi connectivity index (χ4v) is 1.32. The van der Waals surface area contributed by atoms with Crippen molar-refractivity contribution < 1.29 is 9.60 Å². The molecule has 2 rings (SSSR count). The van der Waals surface area contributed by atoms with Crippen molar-refractivity contribution in [2.75, 3.05) is 0 Å². The van der Waals surface area contributed by atoms with Gasteiger partial charge < -0.3 is 10.9 Å². The highest BCUT2D eigenvalue weighted by Gasteiger charge is 2.07. The Labute approximate surface area is 90.6 Å². The third kappa shape index (κ3) is 1.72. The Bertz CT molecular complexity index is 522. The van der Waals surface area contributed by atoms with Gasteiger partial charge in [-0.1, -0.05) is 5.16 Å². The molecule has 3 N–H and O–H groups in total. The summed E-state index contributed by atoms with van der Waals surface area (Å²) in [6.45, 7) is 0. The summed E-state index contributed by atoms with van der Waals surface area (Å²) in [7, 11) is 0. The van der Waals surface area contributed by atoms with Gasteiger partial charge >= 0.3 is 0 Å². The van der Waals surface area contributed by atoms with E-state index in [0.717, 1.165) is 0 Å². The Balaban J connectivity index is 2.45. The number of hydrogen-bond acceptors (Lipinski definition) is 3. The first-order chi connectivity index (χ1) is 7.72. The smallest absolute Gasteiger partial charge is 0.170 e. The summed E-state index contributed by atoms with van der Waals surface area (Å²) in [6, 6.07) is 5.94. The molecule has 5 nitrogen and oxygen atoms in total. The van der Waals surface area contributed by atoms with Crippen LogP contribution >= 0.6 is 0 Å². The molecule has 0 radical (unpaired) electrons. The number of hydrogen-bond donors (Lipinski definition) is 2. The second kappa shape index (κ2) is 4.01. The average molecular weight is 220 g/mol. The van der Waals surface area contributed by atoms with E-state index in [0.29, 0.717) is 11.3 Å². The van der Waals surface area contributed by atoms with E-state index < -0.39 is 5.82 Å². The molecule has 0 aliphatic heterocycles. The lowest BCUT2D eigenvalue weighted by molar-refractivity contribution is 0.318. The van der Waals surface area contributed by atoms with E-state index >= 15 is 0 Å². The summed E-state index contributed by atoms with van der Waals surface area (Å²) >= 11 is 0. The maximum absolute atomic E-state index is 13.7. The zero-order chi connectivity index (χ0) is 11.5. The Kier molecular flexibility index (Phi) is 2.55. The van der Waals surface area contributed by atoms with Gasteiger partial charge in [-0.15, -0.1) is 0 Å². The number of nitrogens with two attached hydrogens (primary N) is 1. The number of rotatable bonds is 2. The molecule has 0 spiro atoms. The standard InChI is InChI=1S/C10H9FN4O/c11-8-6-7(10(12)14-16)2-3-9(8)15-5-1-4-13-15/h1-6,16H,(H2,12,14). The van der Waals surface area contributed by atoms with Crippen LogP contribution in [0.2, 0.25) is 0 Å². The molecular weight excluding hydrogens is 211 g/mol. The SMILES string of the molecule is N/C(=N\O)c1ccc(-n2cccn2)c(F)c1. The average Bonchev–Trinajstić information content (AvgIpc) is 2.81. The number of halogens is 1. The molecule has 0 atom stereocenters. The summed E-state index contributed by atoms with van der Waals surface area (Å²) in [5.41, 5.74) is 5.96. The van der Waals surface area contributed by atoms with Crippen LogP contribution in [-0.4, -0.2) is 20.8 Å². The molecule has 0 fully saturated rings. The molecule has 0 unspecified atom stereocenters. The maximum atomic E-state index is 13.7. The van der Waals surface area contributed by atoms with Gasteiger partial charge in [0.05, 0.1) is 0 Å². The van der Waals surface area contributed by atoms with Gasteiger partial charge in [0.15, 0.2) is 5.84 Å². The van der Waals surface area contributed by atoms with Crippen molar-refractivity contribution in [3.63, 3.8) is 0 Å². The Hall–Kier alpha value is -2.37. The number of benzene rings is 1.